The van der Waals surface area contributed by atoms with Crippen LogP contribution in [0.5, 0.6) is 0 Å². The minimum Gasteiger partial charge on any atom is -0.354 e. The largest absolute Gasteiger partial charge is 0.354 e. The SMILES string of the molecule is CCNc1ncc([N+](=O)[O-])c(N(CC(C)C)C2CC2)n1. The summed E-state index contributed by atoms with van der Waals surface area (Å²) >= 11 is 0. The summed E-state index contributed by atoms with van der Waals surface area (Å²) in [5.41, 5.74) is -0.0146. The second kappa shape index (κ2) is 6.02. The summed E-state index contributed by atoms with van der Waals surface area (Å²) in [5.74, 6) is 1.31. The molecular formula is C13H21N5O2. The van der Waals surface area contributed by atoms with Crippen LogP contribution in [0.4, 0.5) is 17.5 Å². The molecule has 7 heteroatoms. The van der Waals surface area contributed by atoms with Gasteiger partial charge >= 0.3 is 5.69 Å². The van der Waals surface area contributed by atoms with Crippen molar-refractivity contribution in [1.82, 2.24) is 9.97 Å². The first-order valence-electron chi connectivity index (χ1n) is 7.04. The Morgan fingerprint density at radius 1 is 1.55 bits per heavy atom. The normalized spacial score (nSPS) is 14.4. The van der Waals surface area contributed by atoms with Crippen molar-refractivity contribution in [1.29, 1.82) is 0 Å². The minimum atomic E-state index is -0.402. The fourth-order valence-corrected chi connectivity index (χ4v) is 2.14. The van der Waals surface area contributed by atoms with Crippen molar-refractivity contribution in [3.8, 4) is 0 Å². The number of rotatable bonds is 7. The lowest BCUT2D eigenvalue weighted by Gasteiger charge is -2.25. The number of nitrogens with one attached hydrogen (secondary N) is 1. The van der Waals surface area contributed by atoms with E-state index in [1.54, 1.807) is 0 Å². The van der Waals surface area contributed by atoms with Gasteiger partial charge in [-0.2, -0.15) is 4.98 Å². The molecule has 1 aromatic heterocycles. The van der Waals surface area contributed by atoms with Crippen molar-refractivity contribution < 1.29 is 4.92 Å². The third-order valence-electron chi connectivity index (χ3n) is 3.10. The van der Waals surface area contributed by atoms with Gasteiger partial charge in [-0.05, 0) is 25.7 Å². The quantitative estimate of drug-likeness (QED) is 0.609. The maximum absolute atomic E-state index is 11.2. The first-order chi connectivity index (χ1) is 9.52. The fraction of sp³-hybridized carbons (Fsp3) is 0.692. The van der Waals surface area contributed by atoms with E-state index in [0.29, 0.717) is 30.3 Å². The van der Waals surface area contributed by atoms with E-state index >= 15 is 0 Å². The molecule has 1 saturated carbocycles. The van der Waals surface area contributed by atoms with E-state index in [1.807, 2.05) is 6.92 Å². The van der Waals surface area contributed by atoms with Crippen LogP contribution in [-0.4, -0.2) is 34.0 Å². The van der Waals surface area contributed by atoms with Gasteiger partial charge < -0.3 is 10.2 Å². The van der Waals surface area contributed by atoms with Gasteiger partial charge in [0, 0.05) is 19.1 Å². The highest BCUT2D eigenvalue weighted by atomic mass is 16.6. The lowest BCUT2D eigenvalue weighted by molar-refractivity contribution is -0.384. The first kappa shape index (κ1) is 14.5. The highest BCUT2D eigenvalue weighted by molar-refractivity contribution is 5.60. The Morgan fingerprint density at radius 3 is 2.75 bits per heavy atom. The van der Waals surface area contributed by atoms with E-state index < -0.39 is 4.92 Å². The molecule has 20 heavy (non-hydrogen) atoms. The van der Waals surface area contributed by atoms with Gasteiger partial charge in [-0.15, -0.1) is 0 Å². The van der Waals surface area contributed by atoms with Crippen LogP contribution in [0, 0.1) is 16.0 Å². The van der Waals surface area contributed by atoms with Crippen LogP contribution in [0.3, 0.4) is 0 Å². The molecule has 1 fully saturated rings. The molecule has 1 aromatic rings. The van der Waals surface area contributed by atoms with Crippen LogP contribution in [0.25, 0.3) is 0 Å². The summed E-state index contributed by atoms with van der Waals surface area (Å²) in [4.78, 5) is 21.2. The molecule has 7 nitrogen and oxygen atoms in total. The van der Waals surface area contributed by atoms with Crippen molar-refractivity contribution in [2.45, 2.75) is 39.7 Å². The van der Waals surface area contributed by atoms with Crippen molar-refractivity contribution >= 4 is 17.5 Å². The van der Waals surface area contributed by atoms with Gasteiger partial charge in [-0.25, -0.2) is 4.98 Å². The summed E-state index contributed by atoms with van der Waals surface area (Å²) in [6.45, 7) is 7.61. The molecule has 0 saturated heterocycles. The molecule has 0 radical (unpaired) electrons. The molecule has 0 atom stereocenters. The van der Waals surface area contributed by atoms with Crippen molar-refractivity contribution in [2.24, 2.45) is 5.92 Å². The molecule has 1 N–H and O–H groups in total. The zero-order valence-corrected chi connectivity index (χ0v) is 12.2. The Morgan fingerprint density at radius 2 is 2.25 bits per heavy atom. The van der Waals surface area contributed by atoms with Crippen LogP contribution >= 0.6 is 0 Å². The lowest BCUT2D eigenvalue weighted by Crippen LogP contribution is -2.31. The number of nitro groups is 1. The van der Waals surface area contributed by atoms with Gasteiger partial charge in [-0.1, -0.05) is 13.8 Å². The smallest absolute Gasteiger partial charge is 0.329 e. The molecule has 110 valence electrons. The van der Waals surface area contributed by atoms with Gasteiger partial charge in [0.2, 0.25) is 11.8 Å². The predicted octanol–water partition coefficient (Wildman–Crippen LogP) is 2.44. The highest BCUT2D eigenvalue weighted by Crippen LogP contribution is 2.36. The Kier molecular flexibility index (Phi) is 4.36. The molecule has 0 unspecified atom stereocenters. The van der Waals surface area contributed by atoms with Crippen molar-refractivity contribution in [3.05, 3.63) is 16.3 Å². The third-order valence-corrected chi connectivity index (χ3v) is 3.10. The van der Waals surface area contributed by atoms with Crippen LogP contribution in [0.1, 0.15) is 33.6 Å². The Labute approximate surface area is 118 Å². The van der Waals surface area contributed by atoms with Crippen molar-refractivity contribution in [3.63, 3.8) is 0 Å². The summed E-state index contributed by atoms with van der Waals surface area (Å²) < 4.78 is 0. The molecule has 0 bridgehead atoms. The number of nitrogens with zero attached hydrogens (tertiary/aromatic N) is 4. The molecule has 1 aliphatic carbocycles. The van der Waals surface area contributed by atoms with Gasteiger partial charge in [0.1, 0.15) is 6.20 Å². The molecule has 0 spiro atoms. The van der Waals surface area contributed by atoms with Gasteiger partial charge in [0.15, 0.2) is 0 Å². The molecule has 0 aliphatic heterocycles. The monoisotopic (exact) mass is 279 g/mol. The van der Waals surface area contributed by atoms with Crippen LogP contribution in [-0.2, 0) is 0 Å². The molecular weight excluding hydrogens is 258 g/mol. The molecule has 1 aliphatic rings. The Hall–Kier alpha value is -1.92. The second-order valence-electron chi connectivity index (χ2n) is 5.47. The topological polar surface area (TPSA) is 84.2 Å². The molecule has 0 amide bonds. The molecule has 0 aromatic carbocycles. The number of aromatic nitrogens is 2. The number of hydrogen-bond acceptors (Lipinski definition) is 6. The summed E-state index contributed by atoms with van der Waals surface area (Å²) in [5, 5.41) is 14.2. The minimum absolute atomic E-state index is 0.0146. The predicted molar refractivity (Wildman–Crippen MR) is 78.1 cm³/mol. The highest BCUT2D eigenvalue weighted by Gasteiger charge is 2.34. The Bertz CT molecular complexity index is 488. The maximum atomic E-state index is 11.2. The number of anilines is 2. The molecule has 1 heterocycles. The van der Waals surface area contributed by atoms with Gasteiger partial charge in [-0.3, -0.25) is 10.1 Å². The standard InChI is InChI=1S/C13H21N5O2/c1-4-14-13-15-7-11(18(19)20)12(16-13)17(8-9(2)3)10-5-6-10/h7,9-10H,4-6,8H2,1-3H3,(H,14,15,16). The van der Waals surface area contributed by atoms with Crippen LogP contribution in [0.15, 0.2) is 6.20 Å². The van der Waals surface area contributed by atoms with Crippen molar-refractivity contribution in [2.75, 3.05) is 23.3 Å². The van der Waals surface area contributed by atoms with E-state index in [4.69, 9.17) is 0 Å². The zero-order chi connectivity index (χ0) is 14.7. The number of hydrogen-bond donors (Lipinski definition) is 1. The van der Waals surface area contributed by atoms with E-state index in [1.165, 1.54) is 6.20 Å². The van der Waals surface area contributed by atoms with E-state index in [0.717, 1.165) is 19.4 Å². The maximum Gasteiger partial charge on any atom is 0.329 e. The Balaban J connectivity index is 2.38. The van der Waals surface area contributed by atoms with E-state index in [9.17, 15) is 10.1 Å². The third kappa shape index (κ3) is 3.34. The average Bonchev–Trinajstić information content (AvgIpc) is 3.20. The first-order valence-corrected chi connectivity index (χ1v) is 7.04. The average molecular weight is 279 g/mol. The fourth-order valence-electron chi connectivity index (χ4n) is 2.14. The van der Waals surface area contributed by atoms with Crippen LogP contribution < -0.4 is 10.2 Å². The summed E-state index contributed by atoms with van der Waals surface area (Å²) in [7, 11) is 0. The summed E-state index contributed by atoms with van der Waals surface area (Å²) in [6.07, 6.45) is 3.45. The zero-order valence-electron chi connectivity index (χ0n) is 12.2. The van der Waals surface area contributed by atoms with Crippen LogP contribution in [0.2, 0.25) is 0 Å². The van der Waals surface area contributed by atoms with E-state index in [-0.39, 0.29) is 5.69 Å². The van der Waals surface area contributed by atoms with E-state index in [2.05, 4.69) is 34.0 Å². The molecule has 2 rings (SSSR count). The lowest BCUT2D eigenvalue weighted by atomic mass is 10.2. The summed E-state index contributed by atoms with van der Waals surface area (Å²) in [6, 6.07) is 0.375. The second-order valence-corrected chi connectivity index (χ2v) is 5.47. The van der Waals surface area contributed by atoms with Gasteiger partial charge in [0.25, 0.3) is 0 Å². The van der Waals surface area contributed by atoms with Gasteiger partial charge in [0.05, 0.1) is 4.92 Å².